The number of hydrogen-bond acceptors (Lipinski definition) is 0. The first-order valence-electron chi connectivity index (χ1n) is 8.68. The van der Waals surface area contributed by atoms with E-state index in [1.54, 1.807) is 10.8 Å². The van der Waals surface area contributed by atoms with Crippen molar-refractivity contribution < 1.29 is 0 Å². The molecule has 2 aliphatic carbocycles. The van der Waals surface area contributed by atoms with Gasteiger partial charge in [-0.05, 0) is 39.8 Å². The van der Waals surface area contributed by atoms with E-state index in [4.69, 9.17) is 0 Å². The highest BCUT2D eigenvalue weighted by Gasteiger charge is 2.42. The predicted molar refractivity (Wildman–Crippen MR) is 103 cm³/mol. The van der Waals surface area contributed by atoms with Gasteiger partial charge < -0.3 is 0 Å². The van der Waals surface area contributed by atoms with Gasteiger partial charge >= 0.3 is 0 Å². The topological polar surface area (TPSA) is 0 Å². The molecule has 2 aliphatic rings. The first kappa shape index (κ1) is 14.7. The van der Waals surface area contributed by atoms with Gasteiger partial charge in [-0.2, -0.15) is 0 Å². The number of benzene rings is 2. The minimum atomic E-state index is -1.64. The van der Waals surface area contributed by atoms with E-state index in [1.807, 2.05) is 0 Å². The molecule has 0 radical (unpaired) electrons. The monoisotopic (exact) mass is 316 g/mol. The van der Waals surface area contributed by atoms with E-state index in [9.17, 15) is 0 Å². The molecule has 0 N–H and O–H groups in total. The molecule has 0 heterocycles. The molecule has 0 fully saturated rings. The van der Waals surface area contributed by atoms with Crippen molar-refractivity contribution in [3.8, 4) is 11.1 Å². The zero-order chi connectivity index (χ0) is 16.0. The quantitative estimate of drug-likeness (QED) is 0.564. The van der Waals surface area contributed by atoms with Gasteiger partial charge in [0.05, 0.1) is 8.07 Å². The van der Waals surface area contributed by atoms with Crippen molar-refractivity contribution in [2.24, 2.45) is 0 Å². The molecule has 0 bridgehead atoms. The van der Waals surface area contributed by atoms with Gasteiger partial charge in [-0.25, -0.2) is 0 Å². The summed E-state index contributed by atoms with van der Waals surface area (Å²) in [5.74, 6) is 0. The van der Waals surface area contributed by atoms with Crippen molar-refractivity contribution >= 4 is 13.3 Å². The van der Waals surface area contributed by atoms with Crippen LogP contribution in [0.2, 0.25) is 17.6 Å². The predicted octanol–water partition coefficient (Wildman–Crippen LogP) is 5.45. The Morgan fingerprint density at radius 3 is 2.35 bits per heavy atom. The second kappa shape index (κ2) is 5.35. The van der Waals surface area contributed by atoms with Crippen LogP contribution in [0.25, 0.3) is 11.1 Å². The van der Waals surface area contributed by atoms with Gasteiger partial charge in [0, 0.05) is 0 Å². The van der Waals surface area contributed by atoms with E-state index in [-0.39, 0.29) is 0 Å². The maximum atomic E-state index is 2.58. The lowest BCUT2D eigenvalue weighted by Gasteiger charge is -2.38. The van der Waals surface area contributed by atoms with Crippen molar-refractivity contribution in [2.45, 2.75) is 37.9 Å². The third-order valence-electron chi connectivity index (χ3n) is 6.07. The Bertz CT molecular complexity index is 800. The lowest BCUT2D eigenvalue weighted by molar-refractivity contribution is 0.987. The van der Waals surface area contributed by atoms with Gasteiger partial charge in [0.2, 0.25) is 0 Å². The molecule has 1 heteroatoms. The van der Waals surface area contributed by atoms with Crippen molar-refractivity contribution in [1.29, 1.82) is 0 Å². The fourth-order valence-corrected chi connectivity index (χ4v) is 8.47. The van der Waals surface area contributed by atoms with Crippen LogP contribution in [0.5, 0.6) is 0 Å². The Balaban J connectivity index is 1.90. The molecule has 0 nitrogen and oxygen atoms in total. The number of fused-ring (bicyclic) bond motifs is 3. The van der Waals surface area contributed by atoms with Crippen LogP contribution < -0.4 is 5.19 Å². The summed E-state index contributed by atoms with van der Waals surface area (Å²) < 4.78 is 0. The second-order valence-corrected chi connectivity index (χ2v) is 12.3. The van der Waals surface area contributed by atoms with Crippen LogP contribution in [0, 0.1) is 0 Å². The lowest BCUT2D eigenvalue weighted by Crippen LogP contribution is -2.52. The molecule has 4 rings (SSSR count). The van der Waals surface area contributed by atoms with Crippen LogP contribution >= 0.6 is 0 Å². The van der Waals surface area contributed by atoms with Crippen molar-refractivity contribution in [1.82, 2.24) is 0 Å². The van der Waals surface area contributed by atoms with Crippen LogP contribution in [0.1, 0.15) is 25.0 Å². The summed E-state index contributed by atoms with van der Waals surface area (Å²) in [6.45, 7) is 7.43. The van der Waals surface area contributed by atoms with Gasteiger partial charge in [-0.3, -0.25) is 0 Å². The molecule has 23 heavy (non-hydrogen) atoms. The molecule has 1 unspecified atom stereocenters. The molecule has 0 saturated carbocycles. The molecule has 0 spiro atoms. The van der Waals surface area contributed by atoms with E-state index < -0.39 is 8.07 Å². The summed E-state index contributed by atoms with van der Waals surface area (Å²) in [7, 11) is -1.64. The number of rotatable bonds is 3. The Hall–Kier alpha value is -1.86. The van der Waals surface area contributed by atoms with Crippen LogP contribution in [-0.4, -0.2) is 8.07 Å². The first-order chi connectivity index (χ1) is 11.1. The maximum Gasteiger partial charge on any atom is 0.0970 e. The van der Waals surface area contributed by atoms with Crippen molar-refractivity contribution in [3.63, 3.8) is 0 Å². The SMILES string of the molecule is CC(C)[Si](C)(c1cccc2c1Cc1ccccc1-2)C1C=CC=C1. The Kier molecular flexibility index (Phi) is 3.42. The van der Waals surface area contributed by atoms with Gasteiger partial charge in [-0.1, -0.05) is 92.3 Å². The molecule has 0 amide bonds. The summed E-state index contributed by atoms with van der Waals surface area (Å²) in [5.41, 5.74) is 7.36. The van der Waals surface area contributed by atoms with Gasteiger partial charge in [0.25, 0.3) is 0 Å². The molecule has 0 aliphatic heterocycles. The van der Waals surface area contributed by atoms with Crippen LogP contribution in [0.15, 0.2) is 66.8 Å². The van der Waals surface area contributed by atoms with Gasteiger partial charge in [0.1, 0.15) is 0 Å². The number of hydrogen-bond donors (Lipinski definition) is 0. The minimum Gasteiger partial charge on any atom is -0.0800 e. The largest absolute Gasteiger partial charge is 0.0970 e. The highest BCUT2D eigenvalue weighted by atomic mass is 28.3. The highest BCUT2D eigenvalue weighted by Crippen LogP contribution is 2.41. The van der Waals surface area contributed by atoms with E-state index >= 15 is 0 Å². The second-order valence-electron chi connectivity index (χ2n) is 7.40. The number of allylic oxidation sites excluding steroid dienone is 4. The Morgan fingerprint density at radius 1 is 0.913 bits per heavy atom. The van der Waals surface area contributed by atoms with E-state index in [2.05, 4.69) is 87.2 Å². The average Bonchev–Trinajstić information content (AvgIpc) is 3.21. The van der Waals surface area contributed by atoms with Gasteiger partial charge in [0.15, 0.2) is 0 Å². The van der Waals surface area contributed by atoms with E-state index in [0.717, 1.165) is 12.0 Å². The fraction of sp³-hybridized carbons (Fsp3) is 0.273. The third-order valence-corrected chi connectivity index (χ3v) is 11.9. The zero-order valence-electron chi connectivity index (χ0n) is 14.2. The fourth-order valence-electron chi connectivity index (χ4n) is 4.37. The van der Waals surface area contributed by atoms with Gasteiger partial charge in [-0.15, -0.1) is 0 Å². The summed E-state index contributed by atoms with van der Waals surface area (Å²) in [6.07, 6.45) is 10.4. The smallest absolute Gasteiger partial charge is 0.0800 e. The van der Waals surface area contributed by atoms with Crippen molar-refractivity contribution in [2.75, 3.05) is 0 Å². The lowest BCUT2D eigenvalue weighted by atomic mass is 10.1. The van der Waals surface area contributed by atoms with E-state index in [1.165, 1.54) is 16.7 Å². The molecular formula is C22H24Si. The summed E-state index contributed by atoms with van der Waals surface area (Å²) >= 11 is 0. The summed E-state index contributed by atoms with van der Waals surface area (Å²) in [4.78, 5) is 0. The molecule has 116 valence electrons. The standard InChI is InChI=1S/C22H24Si/c1-16(2)23(3,18-10-5-6-11-18)22-14-8-13-20-19-12-7-4-9-17(19)15-21(20)22/h4-14,16,18H,15H2,1-3H3. The third kappa shape index (κ3) is 2.10. The van der Waals surface area contributed by atoms with Crippen molar-refractivity contribution in [3.05, 3.63) is 77.9 Å². The molecule has 2 aromatic rings. The summed E-state index contributed by atoms with van der Waals surface area (Å²) in [6, 6.07) is 16.0. The molecule has 1 atom stereocenters. The normalized spacial score (nSPS) is 18.3. The minimum absolute atomic E-state index is 0.623. The highest BCUT2D eigenvalue weighted by molar-refractivity contribution is 6.94. The Labute approximate surface area is 140 Å². The van der Waals surface area contributed by atoms with Crippen LogP contribution in [-0.2, 0) is 6.42 Å². The molecular weight excluding hydrogens is 292 g/mol. The van der Waals surface area contributed by atoms with Crippen LogP contribution in [0.4, 0.5) is 0 Å². The maximum absolute atomic E-state index is 2.58. The zero-order valence-corrected chi connectivity index (χ0v) is 15.2. The summed E-state index contributed by atoms with van der Waals surface area (Å²) in [5, 5.41) is 1.67. The Morgan fingerprint density at radius 2 is 1.61 bits per heavy atom. The molecule has 2 aromatic carbocycles. The first-order valence-corrected chi connectivity index (χ1v) is 11.3. The van der Waals surface area contributed by atoms with E-state index in [0.29, 0.717) is 5.54 Å². The molecule has 0 saturated heterocycles. The molecule has 0 aromatic heterocycles. The van der Waals surface area contributed by atoms with Crippen LogP contribution in [0.3, 0.4) is 0 Å². The average molecular weight is 317 g/mol.